The molecule has 0 unspecified atom stereocenters. The smallest absolute Gasteiger partial charge is 0.321 e. The first-order valence-electron chi connectivity index (χ1n) is 6.66. The number of hydrogen-bond donors (Lipinski definition) is 2. The number of carboxylic acid groups (broad SMARTS) is 1. The van der Waals surface area contributed by atoms with Crippen molar-refractivity contribution in [1.29, 1.82) is 0 Å². The zero-order valence-corrected chi connectivity index (χ0v) is 13.7. The number of carboxylic acids is 1. The summed E-state index contributed by atoms with van der Waals surface area (Å²) in [6.07, 6.45) is 0.110. The molecule has 2 N–H and O–H groups in total. The quantitative estimate of drug-likeness (QED) is 0.536. The van der Waals surface area contributed by atoms with E-state index >= 15 is 0 Å². The van der Waals surface area contributed by atoms with Crippen molar-refractivity contribution in [3.63, 3.8) is 0 Å². The van der Waals surface area contributed by atoms with E-state index in [2.05, 4.69) is 4.72 Å². The summed E-state index contributed by atoms with van der Waals surface area (Å²) in [5, 5.41) is 19.9. The Labute approximate surface area is 133 Å². The molecular formula is C13H18N2O7S. The molecule has 0 radical (unpaired) electrons. The summed E-state index contributed by atoms with van der Waals surface area (Å²) in [7, 11) is -2.99. The van der Waals surface area contributed by atoms with E-state index in [9.17, 15) is 23.3 Å². The van der Waals surface area contributed by atoms with E-state index in [1.54, 1.807) is 13.8 Å². The lowest BCUT2D eigenvalue weighted by Crippen LogP contribution is -2.41. The van der Waals surface area contributed by atoms with E-state index in [4.69, 9.17) is 9.84 Å². The standard InChI is InChI=1S/C13H18N2O7S/c1-8(2)6-10(13(16)17)14-23(20,21)9-4-5-11(15(18)19)12(7-9)22-3/h4-5,7-8,10,14H,6H2,1-3H3,(H,16,17)/t10-/m1/s1. The van der Waals surface area contributed by atoms with Crippen LogP contribution in [0.15, 0.2) is 23.1 Å². The molecule has 0 heterocycles. The van der Waals surface area contributed by atoms with Crippen LogP contribution in [0.25, 0.3) is 0 Å². The van der Waals surface area contributed by atoms with Gasteiger partial charge in [-0.25, -0.2) is 8.42 Å². The Hall–Kier alpha value is -2.20. The van der Waals surface area contributed by atoms with Gasteiger partial charge in [0.1, 0.15) is 6.04 Å². The molecule has 0 aliphatic rings. The zero-order valence-electron chi connectivity index (χ0n) is 12.8. The molecule has 1 aromatic carbocycles. The van der Waals surface area contributed by atoms with E-state index < -0.39 is 27.0 Å². The summed E-state index contributed by atoms with van der Waals surface area (Å²) in [4.78, 5) is 21.0. The average Bonchev–Trinajstić information content (AvgIpc) is 2.44. The van der Waals surface area contributed by atoms with Gasteiger partial charge in [0.15, 0.2) is 5.75 Å². The third-order valence-corrected chi connectivity index (χ3v) is 4.43. The minimum atomic E-state index is -4.16. The van der Waals surface area contributed by atoms with Crippen LogP contribution in [0, 0.1) is 16.0 Å². The Balaban J connectivity index is 3.17. The van der Waals surface area contributed by atoms with E-state index in [1.807, 2.05) is 0 Å². The number of nitrogens with zero attached hydrogens (tertiary/aromatic N) is 1. The molecule has 0 fully saturated rings. The van der Waals surface area contributed by atoms with Crippen LogP contribution in [0.2, 0.25) is 0 Å². The van der Waals surface area contributed by atoms with Crippen molar-refractivity contribution in [2.24, 2.45) is 5.92 Å². The van der Waals surface area contributed by atoms with Gasteiger partial charge in [0.2, 0.25) is 10.0 Å². The maximum Gasteiger partial charge on any atom is 0.321 e. The fraction of sp³-hybridized carbons (Fsp3) is 0.462. The molecule has 0 bridgehead atoms. The summed E-state index contributed by atoms with van der Waals surface area (Å²) in [5.74, 6) is -1.56. The molecule has 23 heavy (non-hydrogen) atoms. The van der Waals surface area contributed by atoms with Gasteiger partial charge in [-0.05, 0) is 18.4 Å². The molecule has 0 saturated heterocycles. The van der Waals surface area contributed by atoms with Crippen molar-refractivity contribution in [2.75, 3.05) is 7.11 Å². The van der Waals surface area contributed by atoms with Crippen LogP contribution in [-0.4, -0.2) is 37.6 Å². The number of hydrogen-bond acceptors (Lipinski definition) is 6. The van der Waals surface area contributed by atoms with Gasteiger partial charge in [-0.1, -0.05) is 13.8 Å². The predicted octanol–water partition coefficient (Wildman–Crippen LogP) is 1.38. The van der Waals surface area contributed by atoms with Crippen molar-refractivity contribution in [3.05, 3.63) is 28.3 Å². The number of aliphatic carboxylic acids is 1. The van der Waals surface area contributed by atoms with Gasteiger partial charge in [0.05, 0.1) is 16.9 Å². The molecule has 9 nitrogen and oxygen atoms in total. The molecule has 1 atom stereocenters. The summed E-state index contributed by atoms with van der Waals surface area (Å²) < 4.78 is 31.5. The van der Waals surface area contributed by atoms with Crippen LogP contribution in [0.5, 0.6) is 5.75 Å². The third-order valence-electron chi connectivity index (χ3n) is 2.96. The Morgan fingerprint density at radius 1 is 1.43 bits per heavy atom. The molecule has 128 valence electrons. The van der Waals surface area contributed by atoms with Crippen molar-refractivity contribution in [3.8, 4) is 5.75 Å². The second-order valence-electron chi connectivity index (χ2n) is 5.23. The molecule has 0 aliphatic heterocycles. The van der Waals surface area contributed by atoms with Crippen molar-refractivity contribution < 1.29 is 28.0 Å². The van der Waals surface area contributed by atoms with E-state index in [0.29, 0.717) is 0 Å². The summed E-state index contributed by atoms with van der Waals surface area (Å²) in [5.41, 5.74) is -0.386. The molecule has 0 aliphatic carbocycles. The number of methoxy groups -OCH3 is 1. The maximum absolute atomic E-state index is 12.3. The van der Waals surface area contributed by atoms with Gasteiger partial charge in [-0.3, -0.25) is 14.9 Å². The monoisotopic (exact) mass is 346 g/mol. The normalized spacial score (nSPS) is 12.9. The SMILES string of the molecule is COc1cc(S(=O)(=O)N[C@H](CC(C)C)C(=O)O)ccc1[N+](=O)[O-]. The van der Waals surface area contributed by atoms with Crippen LogP contribution in [0.3, 0.4) is 0 Å². The maximum atomic E-state index is 12.3. The van der Waals surface area contributed by atoms with E-state index in [0.717, 1.165) is 18.2 Å². The first-order valence-corrected chi connectivity index (χ1v) is 8.14. The minimum absolute atomic E-state index is 0.0369. The Morgan fingerprint density at radius 3 is 2.48 bits per heavy atom. The summed E-state index contributed by atoms with van der Waals surface area (Å²) in [6.45, 7) is 3.53. The number of carbonyl (C=O) groups is 1. The molecule has 0 amide bonds. The van der Waals surface area contributed by atoms with Gasteiger partial charge in [-0.15, -0.1) is 0 Å². The summed E-state index contributed by atoms with van der Waals surface area (Å²) in [6, 6.07) is 1.71. The largest absolute Gasteiger partial charge is 0.490 e. The lowest BCUT2D eigenvalue weighted by molar-refractivity contribution is -0.385. The summed E-state index contributed by atoms with van der Waals surface area (Å²) >= 11 is 0. The second kappa shape index (κ2) is 7.38. The Morgan fingerprint density at radius 2 is 2.04 bits per heavy atom. The fourth-order valence-corrected chi connectivity index (χ4v) is 3.12. The third kappa shape index (κ3) is 4.89. The number of ether oxygens (including phenoxy) is 1. The highest BCUT2D eigenvalue weighted by Gasteiger charge is 2.27. The lowest BCUT2D eigenvalue weighted by Gasteiger charge is -2.16. The Bertz CT molecular complexity index is 700. The van der Waals surface area contributed by atoms with Crippen LogP contribution >= 0.6 is 0 Å². The highest BCUT2D eigenvalue weighted by atomic mass is 32.2. The number of nitro benzene ring substituents is 1. The zero-order chi connectivity index (χ0) is 17.8. The highest BCUT2D eigenvalue weighted by molar-refractivity contribution is 7.89. The topological polar surface area (TPSA) is 136 Å². The minimum Gasteiger partial charge on any atom is -0.490 e. The van der Waals surface area contributed by atoms with Gasteiger partial charge >= 0.3 is 11.7 Å². The lowest BCUT2D eigenvalue weighted by atomic mass is 10.1. The first kappa shape index (κ1) is 18.8. The van der Waals surface area contributed by atoms with Gasteiger partial charge < -0.3 is 9.84 Å². The molecule has 10 heteroatoms. The van der Waals surface area contributed by atoms with Crippen molar-refractivity contribution >= 4 is 21.7 Å². The fourth-order valence-electron chi connectivity index (χ4n) is 1.90. The average molecular weight is 346 g/mol. The Kier molecular flexibility index (Phi) is 6.05. The molecule has 0 spiro atoms. The molecule has 0 saturated carbocycles. The number of benzene rings is 1. The highest BCUT2D eigenvalue weighted by Crippen LogP contribution is 2.29. The molecular weight excluding hydrogens is 328 g/mol. The number of sulfonamides is 1. The van der Waals surface area contributed by atoms with Gasteiger partial charge in [0, 0.05) is 12.1 Å². The van der Waals surface area contributed by atoms with Crippen LogP contribution in [0.1, 0.15) is 20.3 Å². The second-order valence-corrected chi connectivity index (χ2v) is 6.95. The first-order chi connectivity index (χ1) is 10.6. The number of nitro groups is 1. The van der Waals surface area contributed by atoms with Gasteiger partial charge in [0.25, 0.3) is 0 Å². The van der Waals surface area contributed by atoms with Crippen molar-refractivity contribution in [2.45, 2.75) is 31.2 Å². The van der Waals surface area contributed by atoms with E-state index in [1.165, 1.54) is 7.11 Å². The van der Waals surface area contributed by atoms with E-state index in [-0.39, 0.29) is 28.7 Å². The van der Waals surface area contributed by atoms with Crippen LogP contribution in [-0.2, 0) is 14.8 Å². The number of nitrogens with one attached hydrogen (secondary N) is 1. The molecule has 1 rings (SSSR count). The van der Waals surface area contributed by atoms with Gasteiger partial charge in [-0.2, -0.15) is 4.72 Å². The predicted molar refractivity (Wildman–Crippen MR) is 80.8 cm³/mol. The van der Waals surface area contributed by atoms with Crippen LogP contribution < -0.4 is 9.46 Å². The molecule has 1 aromatic rings. The molecule has 0 aromatic heterocycles. The van der Waals surface area contributed by atoms with Crippen molar-refractivity contribution in [1.82, 2.24) is 4.72 Å². The van der Waals surface area contributed by atoms with Crippen LogP contribution in [0.4, 0.5) is 5.69 Å². The number of rotatable bonds is 8.